The van der Waals surface area contributed by atoms with Crippen molar-refractivity contribution in [1.29, 1.82) is 0 Å². The molecule has 1 aromatic rings. The summed E-state index contributed by atoms with van der Waals surface area (Å²) in [6.45, 7) is 12.5. The smallest absolute Gasteiger partial charge is 0.415 e. The molecule has 0 saturated carbocycles. The van der Waals surface area contributed by atoms with Gasteiger partial charge in [-0.2, -0.15) is 0 Å². The monoisotopic (exact) mass is 333 g/mol. The normalized spacial score (nSPS) is 19.1. The number of rotatable bonds is 4. The summed E-state index contributed by atoms with van der Waals surface area (Å²) < 4.78 is 5.46. The van der Waals surface area contributed by atoms with E-state index in [2.05, 4.69) is 22.9 Å². The Morgan fingerprint density at radius 3 is 2.62 bits per heavy atom. The molecule has 134 valence electrons. The van der Waals surface area contributed by atoms with Crippen LogP contribution in [0.4, 0.5) is 10.6 Å². The van der Waals surface area contributed by atoms with Crippen LogP contribution in [0.25, 0.3) is 0 Å². The first kappa shape index (κ1) is 18.7. The molecule has 1 saturated heterocycles. The van der Waals surface area contributed by atoms with Crippen molar-refractivity contribution in [3.05, 3.63) is 23.9 Å². The lowest BCUT2D eigenvalue weighted by atomic mass is 9.96. The molecule has 1 aliphatic rings. The van der Waals surface area contributed by atoms with E-state index in [-0.39, 0.29) is 6.09 Å². The molecular weight excluding hydrogens is 302 g/mol. The van der Waals surface area contributed by atoms with Crippen molar-refractivity contribution in [1.82, 2.24) is 9.88 Å². The molecule has 0 bridgehead atoms. The highest BCUT2D eigenvalue weighted by Gasteiger charge is 2.25. The lowest BCUT2D eigenvalue weighted by molar-refractivity contribution is 0.0581. The number of amides is 1. The molecule has 1 aliphatic heterocycles. The molecule has 2 heterocycles. The van der Waals surface area contributed by atoms with Crippen LogP contribution in [0.2, 0.25) is 0 Å². The lowest BCUT2D eigenvalue weighted by Gasteiger charge is -2.35. The molecule has 24 heavy (non-hydrogen) atoms. The predicted octanol–water partition coefficient (Wildman–Crippen LogP) is 4.39. The van der Waals surface area contributed by atoms with Gasteiger partial charge in [0.05, 0.1) is 0 Å². The zero-order valence-corrected chi connectivity index (χ0v) is 15.7. The summed E-state index contributed by atoms with van der Waals surface area (Å²) >= 11 is 0. The second-order valence-electron chi connectivity index (χ2n) is 7.31. The Hall–Kier alpha value is -1.62. The molecule has 1 amide bonds. The Morgan fingerprint density at radius 2 is 2.08 bits per heavy atom. The number of hydrogen-bond donors (Lipinski definition) is 0. The standard InChI is InChI=1S/C19H31N3O2/c1-6-21-13-9-8-10-16(21)15-11-12-17(20-14-15)22(7-2)18(23)24-19(3,4)5/h11-12,14,16H,6-10,13H2,1-5H3/t16-/m0/s1. The molecule has 0 spiro atoms. The number of pyridine rings is 1. The first-order valence-corrected chi connectivity index (χ1v) is 9.06. The number of carbonyl (C=O) groups excluding carboxylic acids is 1. The molecule has 0 aliphatic carbocycles. The molecule has 5 heteroatoms. The molecule has 1 atom stereocenters. The summed E-state index contributed by atoms with van der Waals surface area (Å²) in [5.41, 5.74) is 0.731. The Kier molecular flexibility index (Phi) is 6.21. The maximum Gasteiger partial charge on any atom is 0.415 e. The van der Waals surface area contributed by atoms with Crippen LogP contribution >= 0.6 is 0 Å². The highest BCUT2D eigenvalue weighted by molar-refractivity contribution is 5.86. The van der Waals surface area contributed by atoms with Crippen molar-refractivity contribution in [2.24, 2.45) is 0 Å². The first-order chi connectivity index (χ1) is 11.4. The van der Waals surface area contributed by atoms with Gasteiger partial charge >= 0.3 is 6.09 Å². The summed E-state index contributed by atoms with van der Waals surface area (Å²) in [6, 6.07) is 4.49. The first-order valence-electron chi connectivity index (χ1n) is 9.06. The number of likely N-dealkylation sites (tertiary alicyclic amines) is 1. The van der Waals surface area contributed by atoms with Gasteiger partial charge in [0.2, 0.25) is 0 Å². The maximum absolute atomic E-state index is 12.3. The molecule has 2 rings (SSSR count). The van der Waals surface area contributed by atoms with E-state index in [4.69, 9.17) is 4.74 Å². The molecular formula is C19H31N3O2. The van der Waals surface area contributed by atoms with Gasteiger partial charge in [-0.3, -0.25) is 9.80 Å². The van der Waals surface area contributed by atoms with Crippen molar-refractivity contribution < 1.29 is 9.53 Å². The minimum absolute atomic E-state index is 0.349. The van der Waals surface area contributed by atoms with Crippen molar-refractivity contribution in [3.63, 3.8) is 0 Å². The van der Waals surface area contributed by atoms with Gasteiger partial charge in [-0.05, 0) is 65.3 Å². The van der Waals surface area contributed by atoms with Crippen LogP contribution in [0.1, 0.15) is 65.5 Å². The number of aromatic nitrogens is 1. The van der Waals surface area contributed by atoms with Gasteiger partial charge in [0.15, 0.2) is 0 Å². The van der Waals surface area contributed by atoms with E-state index in [0.29, 0.717) is 18.4 Å². The fourth-order valence-corrected chi connectivity index (χ4v) is 3.20. The molecule has 1 aromatic heterocycles. The Bertz CT molecular complexity index is 537. The Balaban J connectivity index is 2.13. The van der Waals surface area contributed by atoms with Gasteiger partial charge in [-0.1, -0.05) is 19.4 Å². The number of hydrogen-bond acceptors (Lipinski definition) is 4. The van der Waals surface area contributed by atoms with Gasteiger partial charge in [0.25, 0.3) is 0 Å². The summed E-state index contributed by atoms with van der Waals surface area (Å²) in [7, 11) is 0. The lowest BCUT2D eigenvalue weighted by Crippen LogP contribution is -2.37. The minimum Gasteiger partial charge on any atom is -0.443 e. The van der Waals surface area contributed by atoms with Crippen molar-refractivity contribution in [2.75, 3.05) is 24.5 Å². The average Bonchev–Trinajstić information content (AvgIpc) is 2.54. The van der Waals surface area contributed by atoms with E-state index in [1.165, 1.54) is 24.8 Å². The third-order valence-electron chi connectivity index (χ3n) is 4.38. The third-order valence-corrected chi connectivity index (χ3v) is 4.38. The van der Waals surface area contributed by atoms with E-state index in [9.17, 15) is 4.79 Å². The second-order valence-corrected chi connectivity index (χ2v) is 7.31. The van der Waals surface area contributed by atoms with Crippen LogP contribution < -0.4 is 4.90 Å². The van der Waals surface area contributed by atoms with E-state index in [1.54, 1.807) is 4.90 Å². The Labute approximate surface area is 146 Å². The van der Waals surface area contributed by atoms with Gasteiger partial charge in [0.1, 0.15) is 11.4 Å². The summed E-state index contributed by atoms with van der Waals surface area (Å²) in [6.07, 6.45) is 5.29. The molecule has 0 aromatic carbocycles. The van der Waals surface area contributed by atoms with Crippen LogP contribution in [-0.4, -0.2) is 41.2 Å². The number of ether oxygens (including phenoxy) is 1. The van der Waals surface area contributed by atoms with Crippen LogP contribution in [0.15, 0.2) is 18.3 Å². The zero-order valence-electron chi connectivity index (χ0n) is 15.7. The average molecular weight is 333 g/mol. The molecule has 5 nitrogen and oxygen atoms in total. The maximum atomic E-state index is 12.3. The van der Waals surface area contributed by atoms with Crippen LogP contribution in [0, 0.1) is 0 Å². The van der Waals surface area contributed by atoms with Crippen LogP contribution in [-0.2, 0) is 4.74 Å². The van der Waals surface area contributed by atoms with Gasteiger partial charge < -0.3 is 4.74 Å². The van der Waals surface area contributed by atoms with Gasteiger partial charge in [-0.25, -0.2) is 9.78 Å². The quantitative estimate of drug-likeness (QED) is 0.820. The fourth-order valence-electron chi connectivity index (χ4n) is 3.20. The highest BCUT2D eigenvalue weighted by atomic mass is 16.6. The van der Waals surface area contributed by atoms with Crippen molar-refractivity contribution in [2.45, 2.75) is 65.5 Å². The van der Waals surface area contributed by atoms with Gasteiger partial charge in [0, 0.05) is 18.8 Å². The summed E-state index contributed by atoms with van der Waals surface area (Å²) in [5, 5.41) is 0. The van der Waals surface area contributed by atoms with Crippen molar-refractivity contribution >= 4 is 11.9 Å². The van der Waals surface area contributed by atoms with Crippen LogP contribution in [0.3, 0.4) is 0 Å². The fraction of sp³-hybridized carbons (Fsp3) is 0.684. The molecule has 1 fully saturated rings. The molecule has 0 unspecified atom stereocenters. The minimum atomic E-state index is -0.506. The topological polar surface area (TPSA) is 45.7 Å². The molecule has 0 radical (unpaired) electrons. The number of piperidine rings is 1. The van der Waals surface area contributed by atoms with Crippen LogP contribution in [0.5, 0.6) is 0 Å². The van der Waals surface area contributed by atoms with Crippen molar-refractivity contribution in [3.8, 4) is 0 Å². The SMILES string of the molecule is CCN(C(=O)OC(C)(C)C)c1ccc([C@@H]2CCCCN2CC)cn1. The number of anilines is 1. The number of carbonyl (C=O) groups is 1. The second kappa shape index (κ2) is 7.97. The largest absolute Gasteiger partial charge is 0.443 e. The Morgan fingerprint density at radius 1 is 1.33 bits per heavy atom. The summed E-state index contributed by atoms with van der Waals surface area (Å²) in [4.78, 5) is 21.0. The zero-order chi connectivity index (χ0) is 17.7. The number of nitrogens with zero attached hydrogens (tertiary/aromatic N) is 3. The van der Waals surface area contributed by atoms with E-state index >= 15 is 0 Å². The molecule has 0 N–H and O–H groups in total. The predicted molar refractivity (Wildman–Crippen MR) is 97.3 cm³/mol. The summed E-state index contributed by atoms with van der Waals surface area (Å²) in [5.74, 6) is 0.648. The van der Waals surface area contributed by atoms with E-state index in [1.807, 2.05) is 40.0 Å². The van der Waals surface area contributed by atoms with E-state index in [0.717, 1.165) is 13.1 Å². The highest BCUT2D eigenvalue weighted by Crippen LogP contribution is 2.30. The van der Waals surface area contributed by atoms with E-state index < -0.39 is 5.60 Å². The van der Waals surface area contributed by atoms with Gasteiger partial charge in [-0.15, -0.1) is 0 Å². The third kappa shape index (κ3) is 4.69.